The number of carbonyl (C=O) groups excluding carboxylic acids is 8. The van der Waals surface area contributed by atoms with Crippen LogP contribution in [0.5, 0.6) is 0 Å². The first-order valence-electron chi connectivity index (χ1n) is 12.2. The minimum Gasteiger partial charge on any atom is -0.460 e. The molecule has 2 rings (SSSR count). The molecule has 0 saturated carbocycles. The number of imide groups is 2. The van der Waals surface area contributed by atoms with E-state index in [2.05, 4.69) is 54.8 Å². The lowest BCUT2D eigenvalue weighted by atomic mass is 10.4. The van der Waals surface area contributed by atoms with Crippen molar-refractivity contribution in [2.24, 2.45) is 0 Å². The second kappa shape index (κ2) is 23.2. The maximum atomic E-state index is 10.9. The number of hydrogen-bond acceptors (Lipinski definition) is 16. The van der Waals surface area contributed by atoms with Crippen LogP contribution in [0.4, 0.5) is 9.59 Å². The molecule has 0 aromatic rings. The summed E-state index contributed by atoms with van der Waals surface area (Å²) in [5.41, 5.74) is 0.641. The average Bonchev–Trinajstić information content (AvgIpc) is 3.44. The lowest BCUT2D eigenvalue weighted by molar-refractivity contribution is -0.175. The molecule has 0 unspecified atom stereocenters. The highest BCUT2D eigenvalue weighted by Gasteiger charge is 2.33. The first-order chi connectivity index (χ1) is 20.6. The van der Waals surface area contributed by atoms with Gasteiger partial charge in [0.05, 0.1) is 19.1 Å². The van der Waals surface area contributed by atoms with Crippen LogP contribution < -0.4 is 0 Å². The van der Waals surface area contributed by atoms with Gasteiger partial charge in [-0.3, -0.25) is 29.2 Å². The van der Waals surface area contributed by atoms with Crippen molar-refractivity contribution in [1.29, 1.82) is 0 Å². The molecule has 2 N–H and O–H groups in total. The fourth-order valence-corrected chi connectivity index (χ4v) is 2.13. The summed E-state index contributed by atoms with van der Waals surface area (Å²) in [6.45, 7) is 15.9. The molecular weight excluding hydrogens is 596 g/mol. The van der Waals surface area contributed by atoms with Gasteiger partial charge in [-0.2, -0.15) is 5.06 Å². The fourth-order valence-electron chi connectivity index (χ4n) is 2.13. The van der Waals surface area contributed by atoms with E-state index in [1.165, 1.54) is 6.92 Å². The number of aliphatic hydroxyl groups is 1. The van der Waals surface area contributed by atoms with Gasteiger partial charge in [-0.05, 0) is 13.8 Å². The van der Waals surface area contributed by atoms with E-state index in [9.17, 15) is 38.4 Å². The predicted molar refractivity (Wildman–Crippen MR) is 143 cm³/mol. The molecule has 0 aromatic carbocycles. The monoisotopic (exact) mass is 630 g/mol. The third-order valence-corrected chi connectivity index (χ3v) is 4.11. The summed E-state index contributed by atoms with van der Waals surface area (Å²) in [6.07, 6.45) is 0.158. The number of hydrogen-bond donors (Lipinski definition) is 2. The minimum atomic E-state index is -1.15. The van der Waals surface area contributed by atoms with Crippen molar-refractivity contribution in [2.45, 2.75) is 39.5 Å². The number of hydroxylamine groups is 4. The van der Waals surface area contributed by atoms with Gasteiger partial charge in [-0.25, -0.2) is 19.2 Å². The van der Waals surface area contributed by atoms with Crippen molar-refractivity contribution >= 4 is 47.9 Å². The van der Waals surface area contributed by atoms with Gasteiger partial charge >= 0.3 is 24.2 Å². The Morgan fingerprint density at radius 1 is 0.705 bits per heavy atom. The second-order valence-electron chi connectivity index (χ2n) is 7.75. The molecule has 244 valence electrons. The van der Waals surface area contributed by atoms with Crippen LogP contribution in [-0.4, -0.2) is 94.7 Å². The van der Waals surface area contributed by atoms with Crippen LogP contribution in [0.2, 0.25) is 0 Å². The molecule has 0 aliphatic carbocycles. The van der Waals surface area contributed by atoms with Gasteiger partial charge in [-0.15, -0.1) is 0 Å². The predicted octanol–water partition coefficient (Wildman–Crippen LogP) is 1.37. The Labute approximate surface area is 251 Å². The molecule has 18 nitrogen and oxygen atoms in total. The molecule has 4 amide bonds. The largest absolute Gasteiger partial charge is 0.538 e. The third-order valence-electron chi connectivity index (χ3n) is 4.11. The molecular formula is C26H34N2O16. The summed E-state index contributed by atoms with van der Waals surface area (Å²) >= 11 is 0. The zero-order valence-electron chi connectivity index (χ0n) is 24.1. The van der Waals surface area contributed by atoms with E-state index in [0.29, 0.717) is 16.2 Å². The summed E-state index contributed by atoms with van der Waals surface area (Å²) in [4.78, 5) is 88.9. The van der Waals surface area contributed by atoms with Crippen LogP contribution in [0, 0.1) is 0 Å². The molecule has 0 spiro atoms. The van der Waals surface area contributed by atoms with E-state index >= 15 is 0 Å². The van der Waals surface area contributed by atoms with Crippen LogP contribution in [0.3, 0.4) is 0 Å². The molecule has 2 heterocycles. The highest BCUT2D eigenvalue weighted by Crippen LogP contribution is 2.12. The van der Waals surface area contributed by atoms with Crippen LogP contribution in [-0.2, 0) is 57.3 Å². The van der Waals surface area contributed by atoms with Crippen LogP contribution in [0.25, 0.3) is 0 Å². The van der Waals surface area contributed by atoms with Gasteiger partial charge in [-0.1, -0.05) is 31.4 Å². The Balaban J connectivity index is 0. The Hall–Kier alpha value is -5.36. The topological polar surface area (TPSA) is 239 Å². The number of rotatable bonds is 10. The quantitative estimate of drug-likeness (QED) is 0.0659. The maximum absolute atomic E-state index is 10.9. The van der Waals surface area contributed by atoms with E-state index in [1.54, 1.807) is 6.92 Å². The van der Waals surface area contributed by atoms with Crippen LogP contribution in [0.1, 0.15) is 39.5 Å². The van der Waals surface area contributed by atoms with Crippen molar-refractivity contribution in [2.75, 3.05) is 26.4 Å². The summed E-state index contributed by atoms with van der Waals surface area (Å²) < 4.78 is 22.0. The van der Waals surface area contributed by atoms with E-state index in [0.717, 1.165) is 12.5 Å². The fraction of sp³-hybridized carbons (Fsp3) is 0.385. The van der Waals surface area contributed by atoms with Crippen molar-refractivity contribution in [3.63, 3.8) is 0 Å². The summed E-state index contributed by atoms with van der Waals surface area (Å²) in [6, 6.07) is 0. The molecule has 2 saturated heterocycles. The Kier molecular flexibility index (Phi) is 21.5. The Morgan fingerprint density at radius 2 is 1.09 bits per heavy atom. The standard InChI is InChI=1S/C9H12O5.C7H7NO5.C6H10O3.C4H5NO3/c1-4-12-9(11)14-6-5-13-8(10)7(2)3;1-2-12-7(11)13-8-5(9)3-4-6(8)10;1-5(2)6(8)9-4-3-7;6-3-1-2-4(7)5(3)8/h4H,1-2,5-6H2,3H3;2H,1,3-4H2;7H,1,3-4H2,2H3;8H,1-2H2. The van der Waals surface area contributed by atoms with E-state index in [1.807, 2.05) is 0 Å². The lowest BCUT2D eigenvalue weighted by Gasteiger charge is -2.10. The molecule has 0 bridgehead atoms. The van der Waals surface area contributed by atoms with E-state index < -0.39 is 47.9 Å². The summed E-state index contributed by atoms with van der Waals surface area (Å²) in [5, 5.41) is 17.2. The number of aliphatic hydroxyl groups excluding tert-OH is 1. The van der Waals surface area contributed by atoms with Gasteiger partial charge in [0.1, 0.15) is 19.8 Å². The smallest absolute Gasteiger partial charge is 0.460 e. The number of amides is 4. The number of ether oxygens (including phenoxy) is 5. The molecule has 2 fully saturated rings. The van der Waals surface area contributed by atoms with Gasteiger partial charge in [0.25, 0.3) is 23.6 Å². The summed E-state index contributed by atoms with van der Waals surface area (Å²) in [7, 11) is 0. The Bertz CT molecular complexity index is 1080. The SMILES string of the molecule is C=C(C)C(=O)OCCO.C=COC(=O)OCCOC(=O)C(=C)C.C=COC(=O)ON1C(=O)CCC1=O.O=C1CCC(=O)N1O. The van der Waals surface area contributed by atoms with Crippen LogP contribution in [0.15, 0.2) is 50.0 Å². The highest BCUT2D eigenvalue weighted by atomic mass is 16.8. The van der Waals surface area contributed by atoms with Gasteiger partial charge in [0.15, 0.2) is 0 Å². The molecule has 18 heteroatoms. The molecule has 0 radical (unpaired) electrons. The average molecular weight is 631 g/mol. The van der Waals surface area contributed by atoms with Crippen molar-refractivity contribution in [3.05, 3.63) is 50.0 Å². The maximum Gasteiger partial charge on any atom is 0.538 e. The first-order valence-corrected chi connectivity index (χ1v) is 12.2. The highest BCUT2D eigenvalue weighted by molar-refractivity contribution is 6.01. The molecule has 2 aliphatic rings. The normalized spacial score (nSPS) is 12.9. The molecule has 2 aliphatic heterocycles. The zero-order chi connectivity index (χ0) is 34.2. The van der Waals surface area contributed by atoms with E-state index in [-0.39, 0.29) is 57.2 Å². The van der Waals surface area contributed by atoms with Gasteiger partial charge < -0.3 is 28.8 Å². The van der Waals surface area contributed by atoms with Crippen molar-refractivity contribution in [3.8, 4) is 0 Å². The molecule has 0 atom stereocenters. The lowest BCUT2D eigenvalue weighted by Crippen LogP contribution is -2.31. The Morgan fingerprint density at radius 3 is 1.45 bits per heavy atom. The number of carbonyl (C=O) groups is 8. The minimum absolute atomic E-state index is 0.0298. The first kappa shape index (κ1) is 40.8. The van der Waals surface area contributed by atoms with Gasteiger partial charge in [0.2, 0.25) is 0 Å². The van der Waals surface area contributed by atoms with Crippen molar-refractivity contribution < 1.29 is 77.2 Å². The number of esters is 2. The van der Waals surface area contributed by atoms with Crippen LogP contribution >= 0.6 is 0 Å². The second-order valence-corrected chi connectivity index (χ2v) is 7.75. The molecule has 44 heavy (non-hydrogen) atoms. The molecule has 0 aromatic heterocycles. The zero-order valence-corrected chi connectivity index (χ0v) is 24.1. The van der Waals surface area contributed by atoms with Crippen molar-refractivity contribution in [1.82, 2.24) is 10.1 Å². The number of nitrogens with zero attached hydrogens (tertiary/aromatic N) is 2. The van der Waals surface area contributed by atoms with E-state index in [4.69, 9.17) is 10.3 Å². The third kappa shape index (κ3) is 18.9. The summed E-state index contributed by atoms with van der Waals surface area (Å²) in [5.74, 6) is -3.09. The van der Waals surface area contributed by atoms with Gasteiger partial charge in [0, 0.05) is 36.8 Å².